The molecule has 3 aromatic rings. The van der Waals surface area contributed by atoms with Crippen molar-refractivity contribution in [3.05, 3.63) is 76.4 Å². The van der Waals surface area contributed by atoms with Crippen LogP contribution in [-0.2, 0) is 9.53 Å². The van der Waals surface area contributed by atoms with Crippen molar-refractivity contribution in [3.8, 4) is 5.75 Å². The number of thiophene rings is 1. The van der Waals surface area contributed by atoms with E-state index >= 15 is 0 Å². The molecule has 0 unspecified atom stereocenters. The number of hydrazone groups is 1. The molecule has 0 fully saturated rings. The average Bonchev–Trinajstić information content (AvgIpc) is 3.53. The van der Waals surface area contributed by atoms with Crippen molar-refractivity contribution in [2.75, 3.05) is 13.2 Å². The molecule has 2 aromatic heterocycles. The molecule has 8 heteroatoms. The summed E-state index contributed by atoms with van der Waals surface area (Å²) in [5.41, 5.74) is 1.55. The Morgan fingerprint density at radius 3 is 2.87 bits per heavy atom. The highest BCUT2D eigenvalue weighted by Crippen LogP contribution is 2.35. The molecule has 0 saturated heterocycles. The van der Waals surface area contributed by atoms with Crippen molar-refractivity contribution in [1.29, 1.82) is 0 Å². The van der Waals surface area contributed by atoms with Crippen molar-refractivity contribution >= 4 is 28.9 Å². The van der Waals surface area contributed by atoms with E-state index in [-0.39, 0.29) is 18.6 Å². The van der Waals surface area contributed by atoms with Gasteiger partial charge in [0.05, 0.1) is 23.8 Å². The number of esters is 1. The monoisotopic (exact) mass is 424 g/mol. The van der Waals surface area contributed by atoms with Crippen molar-refractivity contribution in [3.63, 3.8) is 0 Å². The van der Waals surface area contributed by atoms with E-state index in [0.717, 1.165) is 5.56 Å². The highest BCUT2D eigenvalue weighted by atomic mass is 32.1. The van der Waals surface area contributed by atoms with Gasteiger partial charge < -0.3 is 13.9 Å². The molecule has 0 N–H and O–H groups in total. The number of carbonyl (C=O) groups is 2. The summed E-state index contributed by atoms with van der Waals surface area (Å²) in [7, 11) is 0. The van der Waals surface area contributed by atoms with Gasteiger partial charge in [0.25, 0.3) is 5.91 Å². The fourth-order valence-electron chi connectivity index (χ4n) is 3.22. The smallest absolute Gasteiger partial charge is 0.344 e. The number of hydrogen-bond acceptors (Lipinski definition) is 7. The first-order valence-corrected chi connectivity index (χ1v) is 10.4. The standard InChI is InChI=1S/C22H20N2O5S/c1-2-27-21(25)14-29-16-7-3-6-15(12-16)18-13-17(19-8-4-10-28-19)23-24(18)22(26)20-9-5-11-30-20/h3-12,18H,2,13-14H2,1H3/t18-/m1/s1. The van der Waals surface area contributed by atoms with E-state index in [2.05, 4.69) is 5.10 Å². The first-order valence-electron chi connectivity index (χ1n) is 9.52. The fraction of sp³-hybridized carbons (Fsp3) is 0.227. The maximum Gasteiger partial charge on any atom is 0.344 e. The lowest BCUT2D eigenvalue weighted by atomic mass is 10.0. The van der Waals surface area contributed by atoms with Crippen LogP contribution in [0.3, 0.4) is 0 Å². The van der Waals surface area contributed by atoms with Crippen LogP contribution >= 0.6 is 11.3 Å². The summed E-state index contributed by atoms with van der Waals surface area (Å²) in [6.45, 7) is 1.87. The van der Waals surface area contributed by atoms with E-state index in [9.17, 15) is 9.59 Å². The zero-order valence-corrected chi connectivity index (χ0v) is 17.1. The summed E-state index contributed by atoms with van der Waals surface area (Å²) in [5, 5.41) is 7.93. The van der Waals surface area contributed by atoms with Gasteiger partial charge in [-0.05, 0) is 48.2 Å². The lowest BCUT2D eigenvalue weighted by Gasteiger charge is -2.22. The number of carbonyl (C=O) groups excluding carboxylic acids is 2. The largest absolute Gasteiger partial charge is 0.482 e. The summed E-state index contributed by atoms with van der Waals surface area (Å²) < 4.78 is 15.9. The highest BCUT2D eigenvalue weighted by molar-refractivity contribution is 7.12. The number of amides is 1. The van der Waals surface area contributed by atoms with Crippen molar-refractivity contribution in [1.82, 2.24) is 5.01 Å². The predicted molar refractivity (Wildman–Crippen MR) is 112 cm³/mol. The molecule has 0 spiro atoms. The summed E-state index contributed by atoms with van der Waals surface area (Å²) in [6, 6.07) is 14.2. The fourth-order valence-corrected chi connectivity index (χ4v) is 3.87. The third-order valence-electron chi connectivity index (χ3n) is 4.56. The van der Waals surface area contributed by atoms with Gasteiger partial charge in [-0.2, -0.15) is 5.10 Å². The third-order valence-corrected chi connectivity index (χ3v) is 5.42. The minimum atomic E-state index is -0.429. The second-order valence-electron chi connectivity index (χ2n) is 6.54. The Hall–Kier alpha value is -3.39. The summed E-state index contributed by atoms with van der Waals surface area (Å²) >= 11 is 1.37. The van der Waals surface area contributed by atoms with Crippen LogP contribution < -0.4 is 4.74 Å². The number of rotatable bonds is 7. The average molecular weight is 424 g/mol. The maximum atomic E-state index is 13.1. The summed E-state index contributed by atoms with van der Waals surface area (Å²) in [6.07, 6.45) is 2.09. The van der Waals surface area contributed by atoms with Gasteiger partial charge in [-0.3, -0.25) is 4.79 Å². The van der Waals surface area contributed by atoms with Crippen LogP contribution in [0.4, 0.5) is 0 Å². The van der Waals surface area contributed by atoms with Gasteiger partial charge in [-0.15, -0.1) is 11.3 Å². The first kappa shape index (κ1) is 19.9. The van der Waals surface area contributed by atoms with Crippen LogP contribution in [-0.4, -0.2) is 35.8 Å². The van der Waals surface area contributed by atoms with Gasteiger partial charge in [0, 0.05) is 6.42 Å². The van der Waals surface area contributed by atoms with Crippen LogP contribution in [0.2, 0.25) is 0 Å². The van der Waals surface area contributed by atoms with Gasteiger partial charge in [0.2, 0.25) is 0 Å². The van der Waals surface area contributed by atoms with Gasteiger partial charge in [0.1, 0.15) is 17.2 Å². The quantitative estimate of drug-likeness (QED) is 0.529. The SMILES string of the molecule is CCOC(=O)COc1cccc([C@H]2CC(c3ccco3)=NN2C(=O)c2cccs2)c1. The molecular weight excluding hydrogens is 404 g/mol. The van der Waals surface area contributed by atoms with Gasteiger partial charge >= 0.3 is 5.97 Å². The molecule has 3 heterocycles. The van der Waals surface area contributed by atoms with Gasteiger partial charge in [0.15, 0.2) is 6.61 Å². The Labute approximate surface area is 177 Å². The van der Waals surface area contributed by atoms with E-state index in [1.54, 1.807) is 31.4 Å². The molecule has 1 atom stereocenters. The van der Waals surface area contributed by atoms with E-state index < -0.39 is 5.97 Å². The molecule has 1 aromatic carbocycles. The molecule has 1 aliphatic heterocycles. The second-order valence-corrected chi connectivity index (χ2v) is 7.48. The molecule has 0 bridgehead atoms. The molecule has 4 rings (SSSR count). The van der Waals surface area contributed by atoms with Crippen LogP contribution in [0.15, 0.2) is 69.7 Å². The summed E-state index contributed by atoms with van der Waals surface area (Å²) in [5.74, 6) is 0.558. The van der Waals surface area contributed by atoms with E-state index in [0.29, 0.717) is 35.1 Å². The molecule has 0 saturated carbocycles. The Morgan fingerprint density at radius 2 is 2.13 bits per heavy atom. The predicted octanol–water partition coefficient (Wildman–Crippen LogP) is 4.27. The van der Waals surface area contributed by atoms with Crippen molar-refractivity contribution < 1.29 is 23.5 Å². The second kappa shape index (κ2) is 8.96. The Balaban J connectivity index is 1.59. The number of benzene rings is 1. The lowest BCUT2D eigenvalue weighted by molar-refractivity contribution is -0.145. The molecule has 0 aliphatic carbocycles. The Morgan fingerprint density at radius 1 is 1.23 bits per heavy atom. The summed E-state index contributed by atoms with van der Waals surface area (Å²) in [4.78, 5) is 25.3. The number of furan rings is 1. The first-order chi connectivity index (χ1) is 14.7. The number of hydrogen-bond donors (Lipinski definition) is 0. The zero-order valence-electron chi connectivity index (χ0n) is 16.3. The Kier molecular flexibility index (Phi) is 5.94. The lowest BCUT2D eigenvalue weighted by Crippen LogP contribution is -2.26. The van der Waals surface area contributed by atoms with Crippen molar-refractivity contribution in [2.45, 2.75) is 19.4 Å². The van der Waals surface area contributed by atoms with Gasteiger partial charge in [-0.1, -0.05) is 18.2 Å². The minimum Gasteiger partial charge on any atom is -0.482 e. The topological polar surface area (TPSA) is 81.3 Å². The van der Waals surface area contributed by atoms with Gasteiger partial charge in [-0.25, -0.2) is 9.80 Å². The van der Waals surface area contributed by atoms with Crippen LogP contribution in [0, 0.1) is 0 Å². The molecule has 7 nitrogen and oxygen atoms in total. The van der Waals surface area contributed by atoms with Crippen LogP contribution in [0.25, 0.3) is 0 Å². The highest BCUT2D eigenvalue weighted by Gasteiger charge is 2.35. The van der Waals surface area contributed by atoms with Crippen LogP contribution in [0.5, 0.6) is 5.75 Å². The van der Waals surface area contributed by atoms with Crippen LogP contribution in [0.1, 0.15) is 40.4 Å². The zero-order chi connectivity index (χ0) is 20.9. The molecule has 1 amide bonds. The molecular formula is C22H20N2O5S. The van der Waals surface area contributed by atoms with E-state index in [4.69, 9.17) is 13.9 Å². The maximum absolute atomic E-state index is 13.1. The molecule has 0 radical (unpaired) electrons. The van der Waals surface area contributed by atoms with E-state index in [1.165, 1.54) is 16.3 Å². The molecule has 1 aliphatic rings. The number of ether oxygens (including phenoxy) is 2. The number of nitrogens with zero attached hydrogens (tertiary/aromatic N) is 2. The Bertz CT molecular complexity index is 1040. The minimum absolute atomic E-state index is 0.172. The normalized spacial score (nSPS) is 15.7. The molecule has 154 valence electrons. The third kappa shape index (κ3) is 4.28. The van der Waals surface area contributed by atoms with Crippen molar-refractivity contribution in [2.24, 2.45) is 5.10 Å². The van der Waals surface area contributed by atoms with E-state index in [1.807, 2.05) is 35.7 Å². The molecule has 30 heavy (non-hydrogen) atoms.